The Morgan fingerprint density at radius 1 is 1.09 bits per heavy atom. The van der Waals surface area contributed by atoms with Gasteiger partial charge in [0.2, 0.25) is 0 Å². The van der Waals surface area contributed by atoms with E-state index < -0.39 is 17.6 Å². The second kappa shape index (κ2) is 14.5. The molecule has 44 heavy (non-hydrogen) atoms. The molecule has 1 aromatic carbocycles. The number of nitrogens with one attached hydrogen (secondary N) is 1. The number of halogens is 4. The normalized spacial score (nSPS) is 14.3. The van der Waals surface area contributed by atoms with Gasteiger partial charge in [-0.05, 0) is 52.3 Å². The Balaban J connectivity index is 1.59. The summed E-state index contributed by atoms with van der Waals surface area (Å²) in [6.45, 7) is 14.2. The van der Waals surface area contributed by atoms with Crippen LogP contribution in [-0.2, 0) is 15.7 Å². The number of carbonyl (C=O) groups is 1. The van der Waals surface area contributed by atoms with Gasteiger partial charge in [0.25, 0.3) is 0 Å². The number of hydrogen-bond donors (Lipinski definition) is 1. The summed E-state index contributed by atoms with van der Waals surface area (Å²) in [7, 11) is 0. The lowest BCUT2D eigenvalue weighted by atomic mass is 10.1. The van der Waals surface area contributed by atoms with Crippen molar-refractivity contribution in [1.82, 2.24) is 19.9 Å². The molecule has 0 atom stereocenters. The minimum Gasteiger partial charge on any atom is -0.466 e. The van der Waals surface area contributed by atoms with Crippen LogP contribution in [0.2, 0.25) is 0 Å². The number of ether oxygens (including phenoxy) is 1. The summed E-state index contributed by atoms with van der Waals surface area (Å²) in [6, 6.07) is 4.36. The molecule has 1 saturated heterocycles. The molecule has 0 amide bonds. The van der Waals surface area contributed by atoms with E-state index in [0.29, 0.717) is 67.0 Å². The lowest BCUT2D eigenvalue weighted by Gasteiger charge is -2.35. The van der Waals surface area contributed by atoms with Crippen LogP contribution in [0.3, 0.4) is 0 Å². The zero-order chi connectivity index (χ0) is 32.0. The number of thiazole rings is 1. The van der Waals surface area contributed by atoms with Crippen molar-refractivity contribution in [2.45, 2.75) is 59.7 Å². The number of alkyl halides is 3. The Bertz CT molecular complexity index is 1420. The van der Waals surface area contributed by atoms with Gasteiger partial charge in [-0.2, -0.15) is 13.2 Å². The maximum absolute atomic E-state index is 14.4. The van der Waals surface area contributed by atoms with Gasteiger partial charge in [-0.3, -0.25) is 9.69 Å². The Labute approximate surface area is 259 Å². The first-order chi connectivity index (χ1) is 20.9. The summed E-state index contributed by atoms with van der Waals surface area (Å²) in [4.78, 5) is 32.0. The highest BCUT2D eigenvalue weighted by Gasteiger charge is 2.32. The Morgan fingerprint density at radius 2 is 1.82 bits per heavy atom. The van der Waals surface area contributed by atoms with Gasteiger partial charge in [0, 0.05) is 56.9 Å². The minimum atomic E-state index is -4.70. The van der Waals surface area contributed by atoms with Gasteiger partial charge in [0.05, 0.1) is 18.6 Å². The van der Waals surface area contributed by atoms with Crippen molar-refractivity contribution in [3.05, 3.63) is 41.5 Å². The number of piperazine rings is 1. The Kier molecular flexibility index (Phi) is 11.0. The first-order valence-corrected chi connectivity index (χ1v) is 15.6. The number of rotatable bonds is 12. The quantitative estimate of drug-likeness (QED) is 0.176. The fourth-order valence-electron chi connectivity index (χ4n) is 5.04. The number of carbonyl (C=O) groups excluding carboxylic acids is 1. The maximum atomic E-state index is 14.4. The molecule has 240 valence electrons. The average Bonchev–Trinajstić information content (AvgIpc) is 3.37. The van der Waals surface area contributed by atoms with Gasteiger partial charge in [-0.15, -0.1) is 0 Å². The number of aryl methyl sites for hydroxylation is 1. The third-order valence-corrected chi connectivity index (χ3v) is 8.16. The largest absolute Gasteiger partial charge is 0.466 e. The molecule has 3 heterocycles. The molecule has 9 nitrogen and oxygen atoms in total. The number of hydrogen-bond acceptors (Lipinski definition) is 10. The summed E-state index contributed by atoms with van der Waals surface area (Å²) in [5.74, 6) is 0.589. The summed E-state index contributed by atoms with van der Waals surface area (Å²) >= 11 is 1.29. The molecule has 0 spiro atoms. The van der Waals surface area contributed by atoms with E-state index in [2.05, 4.69) is 35.0 Å². The van der Waals surface area contributed by atoms with Crippen molar-refractivity contribution < 1.29 is 27.1 Å². The third-order valence-electron chi connectivity index (χ3n) is 7.15. The molecule has 3 aromatic rings. The standard InChI is InChI=1S/C30H39F4N7O2S/c1-6-9-41(19(3)4)28-27(21-15-22(30(32,33)34)17-23(31)16-21)38-29(44-28)37-24-18-25(36-20(5)35-24)40-13-11-39(12-14-40)10-8-26(42)43-7-2/h15-19H,6-14H2,1-5H3,(H,35,36,37,38). The first kappa shape index (κ1) is 33.4. The van der Waals surface area contributed by atoms with Crippen LogP contribution in [0.15, 0.2) is 24.3 Å². The SMILES string of the molecule is CCCN(c1sc(Nc2cc(N3CCN(CCC(=O)OCC)CC3)nc(C)n2)nc1-c1cc(F)cc(C(F)(F)F)c1)C(C)C. The van der Waals surface area contributed by atoms with E-state index in [-0.39, 0.29) is 23.3 Å². The van der Waals surface area contributed by atoms with E-state index in [9.17, 15) is 22.4 Å². The topological polar surface area (TPSA) is 86.7 Å². The van der Waals surface area contributed by atoms with Crippen molar-refractivity contribution in [1.29, 1.82) is 0 Å². The van der Waals surface area contributed by atoms with E-state index in [4.69, 9.17) is 4.74 Å². The molecular weight excluding hydrogens is 598 g/mol. The molecule has 0 unspecified atom stereocenters. The minimum absolute atomic E-state index is 0.0292. The zero-order valence-corrected chi connectivity index (χ0v) is 26.5. The van der Waals surface area contributed by atoms with Gasteiger partial charge in [-0.1, -0.05) is 18.3 Å². The predicted octanol–water partition coefficient (Wildman–Crippen LogP) is 6.51. The summed E-state index contributed by atoms with van der Waals surface area (Å²) in [5, 5.41) is 4.29. The van der Waals surface area contributed by atoms with Crippen LogP contribution in [0, 0.1) is 12.7 Å². The lowest BCUT2D eigenvalue weighted by molar-refractivity contribution is -0.143. The molecule has 1 aliphatic rings. The van der Waals surface area contributed by atoms with Crippen molar-refractivity contribution >= 4 is 39.1 Å². The van der Waals surface area contributed by atoms with Gasteiger partial charge < -0.3 is 19.9 Å². The fourth-order valence-corrected chi connectivity index (χ4v) is 6.20. The highest BCUT2D eigenvalue weighted by atomic mass is 32.1. The van der Waals surface area contributed by atoms with Gasteiger partial charge in [0.1, 0.15) is 34.0 Å². The lowest BCUT2D eigenvalue weighted by Crippen LogP contribution is -2.47. The number of aromatic nitrogens is 3. The molecule has 0 radical (unpaired) electrons. The second-order valence-corrected chi connectivity index (χ2v) is 11.8. The molecule has 2 aromatic heterocycles. The van der Waals surface area contributed by atoms with Gasteiger partial charge >= 0.3 is 12.1 Å². The molecule has 14 heteroatoms. The van der Waals surface area contributed by atoms with Crippen LogP contribution < -0.4 is 15.1 Å². The van der Waals surface area contributed by atoms with Crippen LogP contribution >= 0.6 is 11.3 Å². The summed E-state index contributed by atoms with van der Waals surface area (Å²) in [5.41, 5.74) is -0.738. The van der Waals surface area contributed by atoms with E-state index in [1.54, 1.807) is 13.8 Å². The van der Waals surface area contributed by atoms with Crippen molar-refractivity contribution in [2.75, 3.05) is 61.0 Å². The Hall–Kier alpha value is -3.52. The monoisotopic (exact) mass is 637 g/mol. The molecule has 1 N–H and O–H groups in total. The van der Waals surface area contributed by atoms with Crippen LogP contribution in [0.25, 0.3) is 11.3 Å². The van der Waals surface area contributed by atoms with E-state index in [1.165, 1.54) is 11.3 Å². The van der Waals surface area contributed by atoms with Crippen molar-refractivity contribution in [2.24, 2.45) is 0 Å². The zero-order valence-electron chi connectivity index (χ0n) is 25.7. The van der Waals surface area contributed by atoms with Crippen LogP contribution in [0.4, 0.5) is 39.3 Å². The number of benzene rings is 1. The average molecular weight is 638 g/mol. The van der Waals surface area contributed by atoms with E-state index in [0.717, 1.165) is 37.5 Å². The third kappa shape index (κ3) is 8.56. The highest BCUT2D eigenvalue weighted by Crippen LogP contribution is 2.42. The Morgan fingerprint density at radius 3 is 2.45 bits per heavy atom. The maximum Gasteiger partial charge on any atom is 0.416 e. The predicted molar refractivity (Wildman–Crippen MR) is 165 cm³/mol. The highest BCUT2D eigenvalue weighted by molar-refractivity contribution is 7.20. The first-order valence-electron chi connectivity index (χ1n) is 14.8. The summed E-state index contributed by atoms with van der Waals surface area (Å²) in [6.07, 6.45) is -3.54. The molecule has 1 aliphatic heterocycles. The molecule has 4 rings (SSSR count). The summed E-state index contributed by atoms with van der Waals surface area (Å²) < 4.78 is 60.2. The van der Waals surface area contributed by atoms with Crippen molar-refractivity contribution in [3.63, 3.8) is 0 Å². The number of nitrogens with zero attached hydrogens (tertiary/aromatic N) is 6. The van der Waals surface area contributed by atoms with E-state index >= 15 is 0 Å². The molecule has 0 aliphatic carbocycles. The van der Waals surface area contributed by atoms with Crippen LogP contribution in [0.1, 0.15) is 51.9 Å². The molecule has 1 fully saturated rings. The fraction of sp³-hybridized carbons (Fsp3) is 0.533. The number of anilines is 4. The number of esters is 1. The van der Waals surface area contributed by atoms with Gasteiger partial charge in [0.15, 0.2) is 5.13 Å². The van der Waals surface area contributed by atoms with E-state index in [1.807, 2.05) is 26.8 Å². The smallest absolute Gasteiger partial charge is 0.416 e. The van der Waals surface area contributed by atoms with Crippen LogP contribution in [0.5, 0.6) is 0 Å². The molecular formula is C30H39F4N7O2S. The second-order valence-electron chi connectivity index (χ2n) is 10.9. The molecule has 0 bridgehead atoms. The molecule has 0 saturated carbocycles. The van der Waals surface area contributed by atoms with Crippen molar-refractivity contribution in [3.8, 4) is 11.3 Å². The van der Waals surface area contributed by atoms with Crippen LogP contribution in [-0.4, -0.2) is 77.7 Å². The van der Waals surface area contributed by atoms with Gasteiger partial charge in [-0.25, -0.2) is 19.3 Å².